The van der Waals surface area contributed by atoms with Crippen LogP contribution in [0.3, 0.4) is 0 Å². The normalized spacial score (nSPS) is 17.1. The van der Waals surface area contributed by atoms with Gasteiger partial charge >= 0.3 is 0 Å². The summed E-state index contributed by atoms with van der Waals surface area (Å²) >= 11 is 0. The smallest absolute Gasteiger partial charge is 0.0486 e. The van der Waals surface area contributed by atoms with E-state index in [9.17, 15) is 0 Å². The van der Waals surface area contributed by atoms with E-state index in [0.717, 1.165) is 6.54 Å². The number of hydrogen-bond acceptors (Lipinski definition) is 1. The molecule has 3 rings (SSSR count). The van der Waals surface area contributed by atoms with Gasteiger partial charge in [0.25, 0.3) is 0 Å². The molecule has 0 saturated carbocycles. The molecule has 1 aromatic heterocycles. The number of fused-ring (bicyclic) bond motifs is 1. The van der Waals surface area contributed by atoms with Crippen LogP contribution < -0.4 is 0 Å². The average Bonchev–Trinajstić information content (AvgIpc) is 2.98. The molecule has 0 atom stereocenters. The molecule has 0 amide bonds. The molecule has 2 heterocycles. The molecule has 0 N–H and O–H groups in total. The van der Waals surface area contributed by atoms with E-state index in [1.165, 1.54) is 42.4 Å². The fourth-order valence-electron chi connectivity index (χ4n) is 3.01. The van der Waals surface area contributed by atoms with Crippen LogP contribution in [0.5, 0.6) is 0 Å². The highest BCUT2D eigenvalue weighted by atomic mass is 15.1. The van der Waals surface area contributed by atoms with Gasteiger partial charge in [-0.1, -0.05) is 18.2 Å². The highest BCUT2D eigenvalue weighted by Gasteiger charge is 2.15. The van der Waals surface area contributed by atoms with Crippen LogP contribution >= 0.6 is 0 Å². The average molecular weight is 242 g/mol. The van der Waals surface area contributed by atoms with Crippen LogP contribution in [0, 0.1) is 0 Å². The fraction of sp³-hybridized carbons (Fsp3) is 0.500. The van der Waals surface area contributed by atoms with Crippen LogP contribution in [-0.2, 0) is 6.54 Å². The number of para-hydroxylation sites is 1. The van der Waals surface area contributed by atoms with E-state index < -0.39 is 0 Å². The maximum atomic E-state index is 2.58. The molecule has 0 spiro atoms. The van der Waals surface area contributed by atoms with E-state index in [1.807, 2.05) is 0 Å². The topological polar surface area (TPSA) is 8.17 Å². The molecule has 18 heavy (non-hydrogen) atoms. The Morgan fingerprint density at radius 1 is 1.11 bits per heavy atom. The molecule has 0 radical (unpaired) electrons. The lowest BCUT2D eigenvalue weighted by atomic mass is 10.1. The third kappa shape index (κ3) is 2.05. The van der Waals surface area contributed by atoms with Crippen molar-refractivity contribution in [3.8, 4) is 0 Å². The summed E-state index contributed by atoms with van der Waals surface area (Å²) in [5, 5.41) is 1.43. The van der Waals surface area contributed by atoms with Crippen LogP contribution in [0.2, 0.25) is 0 Å². The summed E-state index contributed by atoms with van der Waals surface area (Å²) in [5.74, 6) is 0. The van der Waals surface area contributed by atoms with Gasteiger partial charge in [0, 0.05) is 29.7 Å². The van der Waals surface area contributed by atoms with Gasteiger partial charge in [0.05, 0.1) is 0 Å². The Morgan fingerprint density at radius 3 is 2.56 bits per heavy atom. The number of rotatable bonds is 3. The first-order valence-corrected chi connectivity index (χ1v) is 7.06. The predicted octanol–water partition coefficient (Wildman–Crippen LogP) is 3.82. The van der Waals surface area contributed by atoms with Crippen molar-refractivity contribution in [3.63, 3.8) is 0 Å². The lowest BCUT2D eigenvalue weighted by Crippen LogP contribution is -2.18. The van der Waals surface area contributed by atoms with Gasteiger partial charge in [0.2, 0.25) is 0 Å². The molecule has 96 valence electrons. The minimum Gasteiger partial charge on any atom is -0.345 e. The van der Waals surface area contributed by atoms with E-state index in [0.29, 0.717) is 6.04 Å². The van der Waals surface area contributed by atoms with Gasteiger partial charge in [-0.25, -0.2) is 0 Å². The van der Waals surface area contributed by atoms with Crippen molar-refractivity contribution in [3.05, 3.63) is 36.0 Å². The molecule has 1 fully saturated rings. The summed E-state index contributed by atoms with van der Waals surface area (Å²) in [6, 6.07) is 9.33. The fourth-order valence-corrected chi connectivity index (χ4v) is 3.01. The van der Waals surface area contributed by atoms with Crippen LogP contribution in [0.4, 0.5) is 0 Å². The van der Waals surface area contributed by atoms with E-state index in [-0.39, 0.29) is 0 Å². The lowest BCUT2D eigenvalue weighted by molar-refractivity contribution is 0.332. The summed E-state index contributed by atoms with van der Waals surface area (Å²) in [6.07, 6.45) is 5.08. The number of nitrogens with zero attached hydrogens (tertiary/aromatic N) is 2. The van der Waals surface area contributed by atoms with Crippen molar-refractivity contribution in [1.29, 1.82) is 0 Å². The monoisotopic (exact) mass is 242 g/mol. The summed E-state index contributed by atoms with van der Waals surface area (Å²) in [4.78, 5) is 2.58. The van der Waals surface area contributed by atoms with Crippen LogP contribution in [-0.4, -0.2) is 22.6 Å². The molecule has 0 unspecified atom stereocenters. The molecule has 2 nitrogen and oxygen atoms in total. The van der Waals surface area contributed by atoms with Crippen LogP contribution in [0.25, 0.3) is 10.9 Å². The molecule has 1 saturated heterocycles. The van der Waals surface area contributed by atoms with Crippen molar-refractivity contribution < 1.29 is 0 Å². The second kappa shape index (κ2) is 4.77. The molecular weight excluding hydrogens is 220 g/mol. The zero-order valence-electron chi connectivity index (χ0n) is 11.4. The zero-order valence-corrected chi connectivity index (χ0v) is 11.4. The maximum Gasteiger partial charge on any atom is 0.0486 e. The van der Waals surface area contributed by atoms with Crippen molar-refractivity contribution in [2.24, 2.45) is 0 Å². The van der Waals surface area contributed by atoms with Gasteiger partial charge in [-0.3, -0.25) is 4.90 Å². The maximum absolute atomic E-state index is 2.58. The minimum absolute atomic E-state index is 0.530. The van der Waals surface area contributed by atoms with E-state index in [1.54, 1.807) is 0 Å². The third-order valence-electron chi connectivity index (χ3n) is 3.97. The molecule has 2 aromatic rings. The van der Waals surface area contributed by atoms with Gasteiger partial charge in [0.1, 0.15) is 0 Å². The second-order valence-electron chi connectivity index (χ2n) is 5.66. The highest BCUT2D eigenvalue weighted by Crippen LogP contribution is 2.26. The Hall–Kier alpha value is -1.28. The summed E-state index contributed by atoms with van der Waals surface area (Å²) in [6.45, 7) is 8.15. The molecule has 1 aliphatic rings. The SMILES string of the molecule is CC(C)n1cc(CN2CCCC2)c2ccccc21. The Bertz CT molecular complexity index is 533. The first kappa shape index (κ1) is 11.8. The van der Waals surface area contributed by atoms with Crippen molar-refractivity contribution in [1.82, 2.24) is 9.47 Å². The Kier molecular flexibility index (Phi) is 3.13. The van der Waals surface area contributed by atoms with Crippen molar-refractivity contribution in [2.45, 2.75) is 39.3 Å². The molecule has 0 aliphatic carbocycles. The van der Waals surface area contributed by atoms with Crippen LogP contribution in [0.1, 0.15) is 38.3 Å². The van der Waals surface area contributed by atoms with Gasteiger partial charge in [0.15, 0.2) is 0 Å². The van der Waals surface area contributed by atoms with E-state index in [4.69, 9.17) is 0 Å². The number of hydrogen-bond donors (Lipinski definition) is 0. The second-order valence-corrected chi connectivity index (χ2v) is 5.66. The van der Waals surface area contributed by atoms with E-state index >= 15 is 0 Å². The molecule has 1 aliphatic heterocycles. The first-order valence-electron chi connectivity index (χ1n) is 7.06. The first-order chi connectivity index (χ1) is 8.75. The molecular formula is C16H22N2. The number of aromatic nitrogens is 1. The van der Waals surface area contributed by atoms with Gasteiger partial charge in [-0.15, -0.1) is 0 Å². The lowest BCUT2D eigenvalue weighted by Gasteiger charge is -2.13. The van der Waals surface area contributed by atoms with Gasteiger partial charge in [-0.2, -0.15) is 0 Å². The molecule has 2 heteroatoms. The number of benzene rings is 1. The zero-order chi connectivity index (χ0) is 12.5. The number of likely N-dealkylation sites (tertiary alicyclic amines) is 1. The molecule has 0 bridgehead atoms. The summed E-state index contributed by atoms with van der Waals surface area (Å²) in [5.41, 5.74) is 2.86. The van der Waals surface area contributed by atoms with Crippen molar-refractivity contribution in [2.75, 3.05) is 13.1 Å². The largest absolute Gasteiger partial charge is 0.345 e. The van der Waals surface area contributed by atoms with Gasteiger partial charge < -0.3 is 4.57 Å². The quantitative estimate of drug-likeness (QED) is 0.794. The van der Waals surface area contributed by atoms with Crippen LogP contribution in [0.15, 0.2) is 30.5 Å². The summed E-state index contributed by atoms with van der Waals surface area (Å²) < 4.78 is 2.40. The standard InChI is InChI=1S/C16H22N2/c1-13(2)18-12-14(11-17-9-5-6-10-17)15-7-3-4-8-16(15)18/h3-4,7-8,12-13H,5-6,9-11H2,1-2H3. The van der Waals surface area contributed by atoms with Crippen molar-refractivity contribution >= 4 is 10.9 Å². The van der Waals surface area contributed by atoms with Gasteiger partial charge in [-0.05, 0) is 51.4 Å². The predicted molar refractivity (Wildman–Crippen MR) is 76.8 cm³/mol. The highest BCUT2D eigenvalue weighted by molar-refractivity contribution is 5.84. The third-order valence-corrected chi connectivity index (χ3v) is 3.97. The summed E-state index contributed by atoms with van der Waals surface area (Å²) in [7, 11) is 0. The Morgan fingerprint density at radius 2 is 1.83 bits per heavy atom. The molecule has 1 aromatic carbocycles. The Labute approximate surface area is 109 Å². The minimum atomic E-state index is 0.530. The van der Waals surface area contributed by atoms with E-state index in [2.05, 4.69) is 53.8 Å². The Balaban J connectivity index is 2.00.